The molecular formula is C10H19N3O3S2. The van der Waals surface area contributed by atoms with Crippen LogP contribution in [0.2, 0.25) is 0 Å². The Morgan fingerprint density at radius 3 is 2.78 bits per heavy atom. The second-order valence-electron chi connectivity index (χ2n) is 3.78. The average molecular weight is 293 g/mol. The molecule has 0 aliphatic carbocycles. The molecule has 0 fully saturated rings. The Morgan fingerprint density at radius 2 is 2.17 bits per heavy atom. The van der Waals surface area contributed by atoms with Gasteiger partial charge in [0.15, 0.2) is 4.34 Å². The molecule has 1 atom stereocenters. The minimum Gasteiger partial charge on any atom is -0.390 e. The van der Waals surface area contributed by atoms with Crippen molar-refractivity contribution in [2.75, 3.05) is 51.7 Å². The van der Waals surface area contributed by atoms with Crippen molar-refractivity contribution < 1.29 is 14.6 Å². The molecule has 0 aromatic carbocycles. The maximum absolute atomic E-state index is 9.69. The quantitative estimate of drug-likeness (QED) is 0.531. The van der Waals surface area contributed by atoms with Crippen LogP contribution < -0.4 is 4.90 Å². The van der Waals surface area contributed by atoms with E-state index in [4.69, 9.17) is 9.47 Å². The standard InChI is InChI=1S/C10H19N3O3S2/c1-13(2)9-11-12-10(18-9)17-7-8(14)6-16-5-4-15-3/h8,14H,4-7H2,1-3H3. The zero-order valence-electron chi connectivity index (χ0n) is 10.8. The smallest absolute Gasteiger partial charge is 0.208 e. The Balaban J connectivity index is 2.18. The fraction of sp³-hybridized carbons (Fsp3) is 0.800. The van der Waals surface area contributed by atoms with Crippen LogP contribution in [0.25, 0.3) is 0 Å². The molecule has 1 rings (SSSR count). The first-order valence-corrected chi connectivity index (χ1v) is 7.32. The van der Waals surface area contributed by atoms with Gasteiger partial charge in [0.25, 0.3) is 0 Å². The van der Waals surface area contributed by atoms with Crippen molar-refractivity contribution in [1.29, 1.82) is 0 Å². The van der Waals surface area contributed by atoms with Gasteiger partial charge in [-0.1, -0.05) is 23.1 Å². The third-order valence-electron chi connectivity index (χ3n) is 1.92. The Labute approximate surface area is 115 Å². The normalized spacial score (nSPS) is 12.7. The molecule has 104 valence electrons. The number of rotatable bonds is 9. The maximum atomic E-state index is 9.69. The monoisotopic (exact) mass is 293 g/mol. The second-order valence-corrected chi connectivity index (χ2v) is 6.00. The summed E-state index contributed by atoms with van der Waals surface area (Å²) in [6.45, 7) is 1.36. The van der Waals surface area contributed by atoms with Gasteiger partial charge in [-0.3, -0.25) is 0 Å². The van der Waals surface area contributed by atoms with Gasteiger partial charge < -0.3 is 19.5 Å². The predicted octanol–water partition coefficient (Wildman–Crippen LogP) is 0.720. The summed E-state index contributed by atoms with van der Waals surface area (Å²) in [5.74, 6) is 0.551. The van der Waals surface area contributed by atoms with E-state index >= 15 is 0 Å². The molecule has 1 aromatic heterocycles. The van der Waals surface area contributed by atoms with E-state index in [2.05, 4.69) is 10.2 Å². The van der Waals surface area contributed by atoms with Gasteiger partial charge in [-0.25, -0.2) is 0 Å². The molecule has 0 saturated heterocycles. The number of anilines is 1. The summed E-state index contributed by atoms with van der Waals surface area (Å²) in [5.41, 5.74) is 0. The van der Waals surface area contributed by atoms with Gasteiger partial charge in [0.1, 0.15) is 0 Å². The van der Waals surface area contributed by atoms with E-state index in [1.165, 1.54) is 23.1 Å². The lowest BCUT2D eigenvalue weighted by Gasteiger charge is -2.09. The zero-order valence-corrected chi connectivity index (χ0v) is 12.5. The molecule has 1 heterocycles. The number of methoxy groups -OCH3 is 1. The van der Waals surface area contributed by atoms with E-state index in [9.17, 15) is 5.11 Å². The van der Waals surface area contributed by atoms with Crippen LogP contribution in [0.5, 0.6) is 0 Å². The van der Waals surface area contributed by atoms with E-state index in [1.54, 1.807) is 7.11 Å². The number of thioether (sulfide) groups is 1. The SMILES string of the molecule is COCCOCC(O)CSc1nnc(N(C)C)s1. The first kappa shape index (κ1) is 15.6. The predicted molar refractivity (Wildman–Crippen MR) is 73.7 cm³/mol. The molecule has 1 N–H and O–H groups in total. The average Bonchev–Trinajstić information content (AvgIpc) is 2.81. The van der Waals surface area contributed by atoms with Gasteiger partial charge in [-0.2, -0.15) is 0 Å². The summed E-state index contributed by atoms with van der Waals surface area (Å²) >= 11 is 3.00. The number of aromatic nitrogens is 2. The lowest BCUT2D eigenvalue weighted by Crippen LogP contribution is -2.19. The van der Waals surface area contributed by atoms with Gasteiger partial charge in [-0.05, 0) is 0 Å². The summed E-state index contributed by atoms with van der Waals surface area (Å²) in [7, 11) is 5.47. The highest BCUT2D eigenvalue weighted by atomic mass is 32.2. The lowest BCUT2D eigenvalue weighted by molar-refractivity contribution is 0.0218. The summed E-state index contributed by atoms with van der Waals surface area (Å²) in [6.07, 6.45) is -0.501. The minimum atomic E-state index is -0.501. The Bertz CT molecular complexity index is 336. The van der Waals surface area contributed by atoms with Crippen molar-refractivity contribution in [1.82, 2.24) is 10.2 Å². The van der Waals surface area contributed by atoms with E-state index in [0.717, 1.165) is 9.47 Å². The number of nitrogens with zero attached hydrogens (tertiary/aromatic N) is 3. The van der Waals surface area contributed by atoms with E-state index in [-0.39, 0.29) is 0 Å². The van der Waals surface area contributed by atoms with Gasteiger partial charge >= 0.3 is 0 Å². The Hall–Kier alpha value is -0.410. The third kappa shape index (κ3) is 5.96. The number of aliphatic hydroxyl groups is 1. The van der Waals surface area contributed by atoms with Crippen LogP contribution in [-0.4, -0.2) is 68.2 Å². The van der Waals surface area contributed by atoms with Crippen LogP contribution >= 0.6 is 23.1 Å². The maximum Gasteiger partial charge on any atom is 0.208 e. The van der Waals surface area contributed by atoms with Crippen LogP contribution in [0.15, 0.2) is 4.34 Å². The first-order chi connectivity index (χ1) is 8.63. The number of hydrogen-bond donors (Lipinski definition) is 1. The van der Waals surface area contributed by atoms with Crippen LogP contribution in [0.1, 0.15) is 0 Å². The number of hydrogen-bond acceptors (Lipinski definition) is 8. The molecule has 0 spiro atoms. The molecule has 0 saturated carbocycles. The molecule has 0 radical (unpaired) electrons. The molecular weight excluding hydrogens is 274 g/mol. The van der Waals surface area contributed by atoms with Crippen LogP contribution in [0.3, 0.4) is 0 Å². The van der Waals surface area contributed by atoms with Crippen LogP contribution in [0, 0.1) is 0 Å². The Kier molecular flexibility index (Phi) is 7.52. The van der Waals surface area contributed by atoms with Crippen molar-refractivity contribution in [3.05, 3.63) is 0 Å². The lowest BCUT2D eigenvalue weighted by atomic mass is 10.4. The van der Waals surface area contributed by atoms with Gasteiger partial charge in [-0.15, -0.1) is 10.2 Å². The third-order valence-corrected chi connectivity index (χ3v) is 4.29. The highest BCUT2D eigenvalue weighted by Gasteiger charge is 2.10. The number of ether oxygens (including phenoxy) is 2. The molecule has 1 aromatic rings. The molecule has 0 aliphatic rings. The summed E-state index contributed by atoms with van der Waals surface area (Å²) in [4.78, 5) is 1.91. The minimum absolute atomic E-state index is 0.315. The number of aliphatic hydroxyl groups excluding tert-OH is 1. The van der Waals surface area contributed by atoms with Crippen molar-refractivity contribution in [2.24, 2.45) is 0 Å². The summed E-state index contributed by atoms with van der Waals surface area (Å²) in [6, 6.07) is 0. The highest BCUT2D eigenvalue weighted by molar-refractivity contribution is 8.01. The van der Waals surface area contributed by atoms with Gasteiger partial charge in [0.05, 0.1) is 25.9 Å². The van der Waals surface area contributed by atoms with Crippen molar-refractivity contribution in [3.63, 3.8) is 0 Å². The fourth-order valence-corrected chi connectivity index (χ4v) is 2.71. The largest absolute Gasteiger partial charge is 0.390 e. The van der Waals surface area contributed by atoms with E-state index in [0.29, 0.717) is 25.6 Å². The molecule has 1 unspecified atom stereocenters. The van der Waals surface area contributed by atoms with Crippen LogP contribution in [-0.2, 0) is 9.47 Å². The molecule has 6 nitrogen and oxygen atoms in total. The molecule has 18 heavy (non-hydrogen) atoms. The van der Waals surface area contributed by atoms with E-state index in [1.807, 2.05) is 19.0 Å². The topological polar surface area (TPSA) is 67.7 Å². The molecule has 8 heteroatoms. The molecule has 0 aliphatic heterocycles. The fourth-order valence-electron chi connectivity index (χ4n) is 1.02. The van der Waals surface area contributed by atoms with Gasteiger partial charge in [0.2, 0.25) is 5.13 Å². The second kappa shape index (κ2) is 8.65. The van der Waals surface area contributed by atoms with Crippen molar-refractivity contribution >= 4 is 28.2 Å². The molecule has 0 amide bonds. The summed E-state index contributed by atoms with van der Waals surface area (Å²) in [5, 5.41) is 18.6. The van der Waals surface area contributed by atoms with Crippen molar-refractivity contribution in [3.8, 4) is 0 Å². The zero-order chi connectivity index (χ0) is 13.4. The van der Waals surface area contributed by atoms with Crippen molar-refractivity contribution in [2.45, 2.75) is 10.4 Å². The molecule has 0 bridgehead atoms. The summed E-state index contributed by atoms with van der Waals surface area (Å²) < 4.78 is 10.9. The van der Waals surface area contributed by atoms with Crippen LogP contribution in [0.4, 0.5) is 5.13 Å². The first-order valence-electron chi connectivity index (χ1n) is 5.52. The Morgan fingerprint density at radius 1 is 1.39 bits per heavy atom. The van der Waals surface area contributed by atoms with Gasteiger partial charge in [0, 0.05) is 27.0 Å². The van der Waals surface area contributed by atoms with E-state index < -0.39 is 6.10 Å². The highest BCUT2D eigenvalue weighted by Crippen LogP contribution is 2.27.